The largest absolute Gasteiger partial charge is 0.482 e. The van der Waals surface area contributed by atoms with Crippen molar-refractivity contribution >= 4 is 5.91 Å². The van der Waals surface area contributed by atoms with Crippen molar-refractivity contribution in [2.24, 2.45) is 7.05 Å². The maximum Gasteiger partial charge on any atom is 0.258 e. The first-order valence-corrected chi connectivity index (χ1v) is 6.37. The number of aryl methyl sites for hydroxylation is 1. The number of ether oxygens (including phenoxy) is 1. The van der Waals surface area contributed by atoms with Crippen LogP contribution in [-0.4, -0.2) is 27.3 Å². The Morgan fingerprint density at radius 1 is 1.52 bits per heavy atom. The van der Waals surface area contributed by atoms with Crippen LogP contribution in [0.4, 0.5) is 0 Å². The molecule has 21 heavy (non-hydrogen) atoms. The molecule has 0 spiro atoms. The van der Waals surface area contributed by atoms with E-state index in [1.165, 1.54) is 0 Å². The molecule has 0 bridgehead atoms. The molecule has 7 heteroatoms. The predicted molar refractivity (Wildman–Crippen MR) is 74.2 cm³/mol. The second-order valence-corrected chi connectivity index (χ2v) is 4.49. The van der Waals surface area contributed by atoms with E-state index in [2.05, 4.69) is 15.5 Å². The number of hydrogen-bond donors (Lipinski definition) is 1. The number of amides is 1. The normalized spacial score (nSPS) is 11.5. The lowest BCUT2D eigenvalue weighted by atomic mass is 10.2. The molecule has 1 aromatic carbocycles. The predicted octanol–water partition coefficient (Wildman–Crippen LogP) is 0.943. The van der Waals surface area contributed by atoms with Crippen LogP contribution in [0.3, 0.4) is 0 Å². The summed E-state index contributed by atoms with van der Waals surface area (Å²) in [6, 6.07) is 8.50. The van der Waals surface area contributed by atoms with Gasteiger partial charge >= 0.3 is 0 Å². The molecule has 1 unspecified atom stereocenters. The molecule has 0 fully saturated rings. The van der Waals surface area contributed by atoms with Crippen LogP contribution in [0.2, 0.25) is 0 Å². The molecule has 1 atom stereocenters. The minimum atomic E-state index is -0.293. The Labute approximate surface area is 122 Å². The van der Waals surface area contributed by atoms with Crippen molar-refractivity contribution in [1.29, 1.82) is 5.26 Å². The van der Waals surface area contributed by atoms with Gasteiger partial charge in [-0.2, -0.15) is 5.26 Å². The first-order chi connectivity index (χ1) is 10.1. The number of aromatic nitrogens is 3. The third-order valence-electron chi connectivity index (χ3n) is 2.88. The van der Waals surface area contributed by atoms with Crippen LogP contribution in [0.5, 0.6) is 5.75 Å². The van der Waals surface area contributed by atoms with Gasteiger partial charge in [-0.1, -0.05) is 12.1 Å². The summed E-state index contributed by atoms with van der Waals surface area (Å²) in [5.74, 6) is 0.750. The average Bonchev–Trinajstić information content (AvgIpc) is 2.91. The lowest BCUT2D eigenvalue weighted by Gasteiger charge is -2.13. The first kappa shape index (κ1) is 14.5. The third-order valence-corrected chi connectivity index (χ3v) is 2.88. The molecule has 7 nitrogen and oxygen atoms in total. The summed E-state index contributed by atoms with van der Waals surface area (Å²) in [5.41, 5.74) is 0.395. The SMILES string of the molecule is CC(NC(=O)COc1ccccc1C#N)c1nncn1C. The Hall–Kier alpha value is -2.88. The van der Waals surface area contributed by atoms with Crippen LogP contribution < -0.4 is 10.1 Å². The quantitative estimate of drug-likeness (QED) is 0.882. The zero-order valence-corrected chi connectivity index (χ0v) is 11.8. The van der Waals surface area contributed by atoms with Gasteiger partial charge in [-0.25, -0.2) is 0 Å². The minimum Gasteiger partial charge on any atom is -0.482 e. The van der Waals surface area contributed by atoms with E-state index in [1.54, 1.807) is 42.2 Å². The summed E-state index contributed by atoms with van der Waals surface area (Å²) >= 11 is 0. The van der Waals surface area contributed by atoms with Gasteiger partial charge in [0.25, 0.3) is 5.91 Å². The molecular weight excluding hydrogens is 270 g/mol. The molecule has 0 aliphatic carbocycles. The zero-order valence-electron chi connectivity index (χ0n) is 11.8. The molecule has 1 amide bonds. The smallest absolute Gasteiger partial charge is 0.258 e. The second-order valence-electron chi connectivity index (χ2n) is 4.49. The molecule has 108 valence electrons. The van der Waals surface area contributed by atoms with Crippen molar-refractivity contribution in [1.82, 2.24) is 20.1 Å². The number of nitriles is 1. The van der Waals surface area contributed by atoms with Crippen LogP contribution >= 0.6 is 0 Å². The van der Waals surface area contributed by atoms with Gasteiger partial charge in [-0.15, -0.1) is 10.2 Å². The highest BCUT2D eigenvalue weighted by molar-refractivity contribution is 5.78. The van der Waals surface area contributed by atoms with Crippen LogP contribution in [0, 0.1) is 11.3 Å². The van der Waals surface area contributed by atoms with Gasteiger partial charge in [0.15, 0.2) is 12.4 Å². The molecule has 0 aliphatic rings. The van der Waals surface area contributed by atoms with Gasteiger partial charge < -0.3 is 14.6 Å². The summed E-state index contributed by atoms with van der Waals surface area (Å²) in [4.78, 5) is 11.9. The highest BCUT2D eigenvalue weighted by Gasteiger charge is 2.14. The topological polar surface area (TPSA) is 92.8 Å². The Bertz CT molecular complexity index is 674. The van der Waals surface area contributed by atoms with E-state index in [4.69, 9.17) is 10.00 Å². The number of para-hydroxylation sites is 1. The average molecular weight is 285 g/mol. The second kappa shape index (κ2) is 6.52. The van der Waals surface area contributed by atoms with Gasteiger partial charge in [0.1, 0.15) is 18.1 Å². The van der Waals surface area contributed by atoms with Gasteiger partial charge in [0.2, 0.25) is 0 Å². The molecular formula is C14H15N5O2. The first-order valence-electron chi connectivity index (χ1n) is 6.37. The fourth-order valence-corrected chi connectivity index (χ4v) is 1.86. The van der Waals surface area contributed by atoms with E-state index in [0.717, 1.165) is 0 Å². The van der Waals surface area contributed by atoms with Gasteiger partial charge in [0, 0.05) is 7.05 Å². The molecule has 1 aromatic heterocycles. The summed E-state index contributed by atoms with van der Waals surface area (Å²) in [5, 5.41) is 19.4. The summed E-state index contributed by atoms with van der Waals surface area (Å²) in [6.07, 6.45) is 1.57. The number of carbonyl (C=O) groups excluding carboxylic acids is 1. The number of rotatable bonds is 5. The van der Waals surface area contributed by atoms with Crippen molar-refractivity contribution in [2.75, 3.05) is 6.61 Å². The van der Waals surface area contributed by atoms with E-state index in [1.807, 2.05) is 13.0 Å². The molecule has 2 rings (SSSR count). The van der Waals surface area contributed by atoms with Crippen molar-refractivity contribution in [2.45, 2.75) is 13.0 Å². The summed E-state index contributed by atoms with van der Waals surface area (Å²) in [7, 11) is 1.80. The highest BCUT2D eigenvalue weighted by atomic mass is 16.5. The van der Waals surface area contributed by atoms with Crippen LogP contribution in [0.15, 0.2) is 30.6 Å². The molecule has 1 N–H and O–H groups in total. The van der Waals surface area contributed by atoms with Gasteiger partial charge in [0.05, 0.1) is 11.6 Å². The standard InChI is InChI=1S/C14H15N5O2/c1-10(14-18-16-9-19(14)2)17-13(20)8-21-12-6-4-3-5-11(12)7-15/h3-6,9-10H,8H2,1-2H3,(H,17,20). The van der Waals surface area contributed by atoms with Crippen molar-refractivity contribution in [3.63, 3.8) is 0 Å². The Morgan fingerprint density at radius 3 is 2.95 bits per heavy atom. The lowest BCUT2D eigenvalue weighted by Crippen LogP contribution is -2.32. The Morgan fingerprint density at radius 2 is 2.29 bits per heavy atom. The van der Waals surface area contributed by atoms with Gasteiger partial charge in [-0.05, 0) is 19.1 Å². The zero-order chi connectivity index (χ0) is 15.2. The summed E-state index contributed by atoms with van der Waals surface area (Å²) < 4.78 is 7.09. The number of hydrogen-bond acceptors (Lipinski definition) is 5. The monoisotopic (exact) mass is 285 g/mol. The highest BCUT2D eigenvalue weighted by Crippen LogP contribution is 2.16. The minimum absolute atomic E-state index is 0.166. The molecule has 0 aliphatic heterocycles. The van der Waals surface area contributed by atoms with E-state index < -0.39 is 0 Å². The fraction of sp³-hybridized carbons (Fsp3) is 0.286. The molecule has 0 saturated carbocycles. The third kappa shape index (κ3) is 3.57. The van der Waals surface area contributed by atoms with Crippen molar-refractivity contribution < 1.29 is 9.53 Å². The van der Waals surface area contributed by atoms with Crippen molar-refractivity contribution in [3.8, 4) is 11.8 Å². The molecule has 2 aromatic rings. The number of carbonyl (C=O) groups is 1. The Balaban J connectivity index is 1.91. The lowest BCUT2D eigenvalue weighted by molar-refractivity contribution is -0.123. The Kier molecular flexibility index (Phi) is 4.51. The number of benzene rings is 1. The number of nitrogens with zero attached hydrogens (tertiary/aromatic N) is 4. The van der Waals surface area contributed by atoms with Gasteiger partial charge in [-0.3, -0.25) is 4.79 Å². The maximum absolute atomic E-state index is 11.9. The molecule has 1 heterocycles. The van der Waals surface area contributed by atoms with E-state index >= 15 is 0 Å². The molecule has 0 radical (unpaired) electrons. The molecule has 0 saturated heterocycles. The van der Waals surface area contributed by atoms with Crippen LogP contribution in [-0.2, 0) is 11.8 Å². The van der Waals surface area contributed by atoms with E-state index in [9.17, 15) is 4.79 Å². The van der Waals surface area contributed by atoms with E-state index in [-0.39, 0.29) is 18.6 Å². The number of nitrogens with one attached hydrogen (secondary N) is 1. The fourth-order valence-electron chi connectivity index (χ4n) is 1.86. The maximum atomic E-state index is 11.9. The van der Waals surface area contributed by atoms with Crippen LogP contribution in [0.25, 0.3) is 0 Å². The van der Waals surface area contributed by atoms with Crippen molar-refractivity contribution in [3.05, 3.63) is 42.0 Å². The summed E-state index contributed by atoms with van der Waals surface area (Å²) in [6.45, 7) is 1.64. The van der Waals surface area contributed by atoms with Crippen LogP contribution in [0.1, 0.15) is 24.4 Å². The van der Waals surface area contributed by atoms with E-state index in [0.29, 0.717) is 17.1 Å².